The number of thiophene rings is 1. The summed E-state index contributed by atoms with van der Waals surface area (Å²) in [7, 11) is 3.87. The second-order valence-electron chi connectivity index (χ2n) is 4.89. The van der Waals surface area contributed by atoms with Crippen molar-refractivity contribution in [1.82, 2.24) is 14.9 Å². The van der Waals surface area contributed by atoms with Gasteiger partial charge in [-0.15, -0.1) is 17.8 Å². The number of H-pyrrole nitrogens is 1. The summed E-state index contributed by atoms with van der Waals surface area (Å²) in [6, 6.07) is 5.74. The van der Waals surface area contributed by atoms with E-state index in [0.717, 1.165) is 21.2 Å². The molecule has 20 heavy (non-hydrogen) atoms. The average molecular weight is 283 g/mol. The molecule has 0 aliphatic rings. The maximum absolute atomic E-state index is 12.2. The summed E-state index contributed by atoms with van der Waals surface area (Å²) in [5.74, 6) is 3.28. The Labute approximate surface area is 120 Å². The Morgan fingerprint density at radius 1 is 1.45 bits per heavy atom. The molecular formula is C15H13N3OS. The van der Waals surface area contributed by atoms with Crippen LogP contribution in [0, 0.1) is 12.3 Å². The molecule has 0 aliphatic heterocycles. The number of hydrogen-bond donors (Lipinski definition) is 1. The van der Waals surface area contributed by atoms with Gasteiger partial charge in [0.1, 0.15) is 10.5 Å². The molecule has 0 saturated carbocycles. The predicted molar refractivity (Wildman–Crippen MR) is 83.1 cm³/mol. The van der Waals surface area contributed by atoms with Gasteiger partial charge in [-0.1, -0.05) is 5.92 Å². The zero-order chi connectivity index (χ0) is 14.3. The molecular weight excluding hydrogens is 270 g/mol. The van der Waals surface area contributed by atoms with Crippen molar-refractivity contribution in [3.63, 3.8) is 0 Å². The summed E-state index contributed by atoms with van der Waals surface area (Å²) < 4.78 is 1.68. The van der Waals surface area contributed by atoms with Gasteiger partial charge in [0.15, 0.2) is 0 Å². The molecule has 1 N–H and O–H groups in total. The first kappa shape index (κ1) is 12.9. The molecule has 0 amide bonds. The largest absolute Gasteiger partial charge is 0.308 e. The number of nitrogens with one attached hydrogen (secondary N) is 1. The van der Waals surface area contributed by atoms with Crippen molar-refractivity contribution in [2.24, 2.45) is 0 Å². The molecule has 0 unspecified atom stereocenters. The van der Waals surface area contributed by atoms with Gasteiger partial charge < -0.3 is 9.88 Å². The Kier molecular flexibility index (Phi) is 3.05. The molecule has 3 rings (SSSR count). The van der Waals surface area contributed by atoms with Crippen molar-refractivity contribution >= 4 is 31.6 Å². The third-order valence-electron chi connectivity index (χ3n) is 3.01. The molecule has 0 radical (unpaired) electrons. The standard InChI is InChI=1S/C15H13N3OS/c1-4-9-5-6-11-10(7-9)13-14(20-11)15(19)17-12(16-13)8-18(2)3/h1,5-7H,8H2,2-3H3,(H,16,17,19). The zero-order valence-electron chi connectivity index (χ0n) is 11.2. The van der Waals surface area contributed by atoms with Gasteiger partial charge >= 0.3 is 0 Å². The fraction of sp³-hybridized carbons (Fsp3) is 0.200. The topological polar surface area (TPSA) is 49.0 Å². The summed E-state index contributed by atoms with van der Waals surface area (Å²) in [4.78, 5) is 21.5. The quantitative estimate of drug-likeness (QED) is 0.733. The fourth-order valence-electron chi connectivity index (χ4n) is 2.16. The van der Waals surface area contributed by atoms with E-state index < -0.39 is 0 Å². The second-order valence-corrected chi connectivity index (χ2v) is 5.94. The van der Waals surface area contributed by atoms with Gasteiger partial charge in [-0.25, -0.2) is 4.98 Å². The Balaban J connectivity index is 2.34. The van der Waals surface area contributed by atoms with Crippen LogP contribution in [0.15, 0.2) is 23.0 Å². The number of rotatable bonds is 2. The highest BCUT2D eigenvalue weighted by Gasteiger charge is 2.12. The van der Waals surface area contributed by atoms with Crippen LogP contribution in [0.2, 0.25) is 0 Å². The first-order chi connectivity index (χ1) is 9.58. The van der Waals surface area contributed by atoms with Crippen LogP contribution in [-0.4, -0.2) is 29.0 Å². The molecule has 3 aromatic rings. The monoisotopic (exact) mass is 283 g/mol. The zero-order valence-corrected chi connectivity index (χ0v) is 12.0. The summed E-state index contributed by atoms with van der Waals surface area (Å²) in [6.07, 6.45) is 5.44. The molecule has 5 heteroatoms. The molecule has 1 aromatic carbocycles. The number of hydrogen-bond acceptors (Lipinski definition) is 4. The van der Waals surface area contributed by atoms with Crippen LogP contribution in [0.4, 0.5) is 0 Å². The Hall–Kier alpha value is -2.16. The Morgan fingerprint density at radius 3 is 2.95 bits per heavy atom. The molecule has 4 nitrogen and oxygen atoms in total. The van der Waals surface area contributed by atoms with Crippen LogP contribution >= 0.6 is 11.3 Å². The number of aromatic nitrogens is 2. The summed E-state index contributed by atoms with van der Waals surface area (Å²) in [5, 5.41) is 0.951. The number of benzene rings is 1. The Morgan fingerprint density at radius 2 is 2.25 bits per heavy atom. The van der Waals surface area contributed by atoms with E-state index in [4.69, 9.17) is 6.42 Å². The van der Waals surface area contributed by atoms with Gasteiger partial charge in [-0.3, -0.25) is 4.79 Å². The Bertz CT molecular complexity index is 899. The molecule has 0 aliphatic carbocycles. The minimum absolute atomic E-state index is 0.0877. The lowest BCUT2D eigenvalue weighted by Crippen LogP contribution is -2.17. The van der Waals surface area contributed by atoms with Gasteiger partial charge in [0, 0.05) is 15.6 Å². The van der Waals surface area contributed by atoms with Gasteiger partial charge in [-0.05, 0) is 32.3 Å². The minimum Gasteiger partial charge on any atom is -0.308 e. The second kappa shape index (κ2) is 4.75. The van der Waals surface area contributed by atoms with E-state index in [-0.39, 0.29) is 5.56 Å². The maximum Gasteiger partial charge on any atom is 0.268 e. The summed E-state index contributed by atoms with van der Waals surface area (Å²) >= 11 is 1.45. The van der Waals surface area contributed by atoms with Crippen molar-refractivity contribution in [1.29, 1.82) is 0 Å². The van der Waals surface area contributed by atoms with Crippen molar-refractivity contribution in [2.75, 3.05) is 14.1 Å². The molecule has 2 heterocycles. The molecule has 0 bridgehead atoms. The van der Waals surface area contributed by atoms with E-state index in [2.05, 4.69) is 15.9 Å². The molecule has 0 saturated heterocycles. The first-order valence-corrected chi connectivity index (χ1v) is 6.97. The van der Waals surface area contributed by atoms with Crippen LogP contribution < -0.4 is 5.56 Å². The van der Waals surface area contributed by atoms with Crippen LogP contribution in [-0.2, 0) is 6.54 Å². The van der Waals surface area contributed by atoms with Crippen LogP contribution in [0.5, 0.6) is 0 Å². The van der Waals surface area contributed by atoms with Crippen molar-refractivity contribution < 1.29 is 0 Å². The van der Waals surface area contributed by atoms with Gasteiger partial charge in [0.25, 0.3) is 5.56 Å². The number of aromatic amines is 1. The summed E-state index contributed by atoms with van der Waals surface area (Å²) in [6.45, 7) is 0.595. The average Bonchev–Trinajstić information content (AvgIpc) is 2.76. The van der Waals surface area contributed by atoms with E-state index in [1.807, 2.05) is 37.2 Å². The van der Waals surface area contributed by atoms with Gasteiger partial charge in [-0.2, -0.15) is 0 Å². The lowest BCUT2D eigenvalue weighted by molar-refractivity contribution is 0.390. The number of fused-ring (bicyclic) bond motifs is 3. The molecule has 100 valence electrons. The third-order valence-corrected chi connectivity index (χ3v) is 4.16. The fourth-order valence-corrected chi connectivity index (χ4v) is 3.18. The van der Waals surface area contributed by atoms with E-state index in [1.165, 1.54) is 11.3 Å². The van der Waals surface area contributed by atoms with E-state index in [1.54, 1.807) is 0 Å². The highest BCUT2D eigenvalue weighted by molar-refractivity contribution is 7.25. The van der Waals surface area contributed by atoms with Crippen LogP contribution in [0.25, 0.3) is 20.3 Å². The summed E-state index contributed by atoms with van der Waals surface area (Å²) in [5.41, 5.74) is 1.45. The van der Waals surface area contributed by atoms with E-state index in [0.29, 0.717) is 17.1 Å². The van der Waals surface area contributed by atoms with Crippen LogP contribution in [0.1, 0.15) is 11.4 Å². The molecule has 0 spiro atoms. The predicted octanol–water partition coefficient (Wildman–Crippen LogP) is 2.18. The lowest BCUT2D eigenvalue weighted by atomic mass is 10.1. The maximum atomic E-state index is 12.2. The number of nitrogens with zero attached hydrogens (tertiary/aromatic N) is 2. The molecule has 0 fully saturated rings. The van der Waals surface area contributed by atoms with Crippen molar-refractivity contribution in [2.45, 2.75) is 6.54 Å². The van der Waals surface area contributed by atoms with Crippen LogP contribution in [0.3, 0.4) is 0 Å². The highest BCUT2D eigenvalue weighted by atomic mass is 32.1. The normalized spacial score (nSPS) is 11.3. The minimum atomic E-state index is -0.0877. The van der Waals surface area contributed by atoms with Gasteiger partial charge in [0.05, 0.1) is 12.1 Å². The lowest BCUT2D eigenvalue weighted by Gasteiger charge is -2.08. The molecule has 2 aromatic heterocycles. The molecule has 0 atom stereocenters. The highest BCUT2D eigenvalue weighted by Crippen LogP contribution is 2.30. The van der Waals surface area contributed by atoms with Crippen molar-refractivity contribution in [3.8, 4) is 12.3 Å². The number of terminal acetylenes is 1. The smallest absolute Gasteiger partial charge is 0.268 e. The van der Waals surface area contributed by atoms with Gasteiger partial charge in [0.2, 0.25) is 0 Å². The third kappa shape index (κ3) is 2.09. The van der Waals surface area contributed by atoms with Crippen molar-refractivity contribution in [3.05, 3.63) is 39.9 Å². The van der Waals surface area contributed by atoms with E-state index >= 15 is 0 Å². The SMILES string of the molecule is C#Cc1ccc2sc3c(=O)[nH]c(CN(C)C)nc3c2c1. The first-order valence-electron chi connectivity index (χ1n) is 6.15. The van der Waals surface area contributed by atoms with E-state index in [9.17, 15) is 4.79 Å².